The molecule has 82 valence electrons. The average Bonchev–Trinajstić information content (AvgIpc) is 2.74. The van der Waals surface area contributed by atoms with Crippen molar-refractivity contribution in [3.63, 3.8) is 0 Å². The van der Waals surface area contributed by atoms with Gasteiger partial charge in [-0.15, -0.1) is 0 Å². The van der Waals surface area contributed by atoms with E-state index >= 15 is 0 Å². The predicted molar refractivity (Wildman–Crippen MR) is 60.5 cm³/mol. The summed E-state index contributed by atoms with van der Waals surface area (Å²) < 4.78 is 5.14. The number of hydrogen-bond donors (Lipinski definition) is 0. The van der Waals surface area contributed by atoms with Crippen LogP contribution in [0.25, 0.3) is 11.3 Å². The molecule has 16 heavy (non-hydrogen) atoms. The van der Waals surface area contributed by atoms with Gasteiger partial charge in [-0.25, -0.2) is 0 Å². The Bertz CT molecular complexity index is 534. The number of furan rings is 1. The molecule has 0 saturated heterocycles. The van der Waals surface area contributed by atoms with Crippen LogP contribution >= 0.6 is 11.6 Å². The van der Waals surface area contributed by atoms with E-state index < -0.39 is 4.92 Å². The Morgan fingerprint density at radius 3 is 2.75 bits per heavy atom. The highest BCUT2D eigenvalue weighted by atomic mass is 35.5. The lowest BCUT2D eigenvalue weighted by Gasteiger charge is -2.03. The summed E-state index contributed by atoms with van der Waals surface area (Å²) in [6.45, 7) is 1.72. The molecule has 0 aliphatic rings. The van der Waals surface area contributed by atoms with Gasteiger partial charge in [0.2, 0.25) is 0 Å². The zero-order valence-corrected chi connectivity index (χ0v) is 9.19. The number of aryl methyl sites for hydroxylation is 1. The fourth-order valence-electron chi connectivity index (χ4n) is 1.45. The SMILES string of the molecule is Cc1cc([N+](=O)[O-])c(-c2ccco2)cc1Cl. The maximum atomic E-state index is 10.9. The van der Waals surface area contributed by atoms with Crippen LogP contribution < -0.4 is 0 Å². The molecule has 2 rings (SSSR count). The van der Waals surface area contributed by atoms with E-state index in [9.17, 15) is 10.1 Å². The second-order valence-electron chi connectivity index (χ2n) is 3.35. The summed E-state index contributed by atoms with van der Waals surface area (Å²) in [5.41, 5.74) is 1.06. The molecule has 0 saturated carbocycles. The molecule has 0 aliphatic heterocycles. The van der Waals surface area contributed by atoms with Gasteiger partial charge in [0, 0.05) is 11.1 Å². The van der Waals surface area contributed by atoms with E-state index in [1.807, 2.05) is 0 Å². The molecule has 1 heterocycles. The summed E-state index contributed by atoms with van der Waals surface area (Å²) in [7, 11) is 0. The van der Waals surface area contributed by atoms with Crippen LogP contribution in [0.1, 0.15) is 5.56 Å². The molecule has 0 radical (unpaired) electrons. The molecular formula is C11H8ClNO3. The number of nitrogens with zero attached hydrogens (tertiary/aromatic N) is 1. The van der Waals surface area contributed by atoms with Crippen LogP contribution in [-0.2, 0) is 0 Å². The monoisotopic (exact) mass is 237 g/mol. The molecule has 4 nitrogen and oxygen atoms in total. The predicted octanol–water partition coefficient (Wildman–Crippen LogP) is 3.82. The van der Waals surface area contributed by atoms with Crippen molar-refractivity contribution in [2.45, 2.75) is 6.92 Å². The minimum atomic E-state index is -0.443. The number of nitro groups is 1. The first-order valence-corrected chi connectivity index (χ1v) is 4.96. The van der Waals surface area contributed by atoms with Gasteiger partial charge in [-0.2, -0.15) is 0 Å². The number of halogens is 1. The van der Waals surface area contributed by atoms with Gasteiger partial charge in [-0.05, 0) is 30.7 Å². The van der Waals surface area contributed by atoms with Crippen LogP contribution in [-0.4, -0.2) is 4.92 Å². The van der Waals surface area contributed by atoms with Crippen molar-refractivity contribution in [1.82, 2.24) is 0 Å². The van der Waals surface area contributed by atoms with Crippen LogP contribution in [0.15, 0.2) is 34.9 Å². The minimum Gasteiger partial charge on any atom is -0.464 e. The summed E-state index contributed by atoms with van der Waals surface area (Å²) in [5.74, 6) is 0.439. The third-order valence-electron chi connectivity index (χ3n) is 2.26. The Balaban J connectivity index is 2.68. The van der Waals surface area contributed by atoms with Crippen molar-refractivity contribution >= 4 is 17.3 Å². The highest BCUT2D eigenvalue weighted by molar-refractivity contribution is 6.31. The Morgan fingerprint density at radius 1 is 1.44 bits per heavy atom. The van der Waals surface area contributed by atoms with Crippen molar-refractivity contribution in [2.24, 2.45) is 0 Å². The van der Waals surface area contributed by atoms with E-state index in [4.69, 9.17) is 16.0 Å². The van der Waals surface area contributed by atoms with Gasteiger partial charge in [-0.3, -0.25) is 10.1 Å². The van der Waals surface area contributed by atoms with E-state index in [0.29, 0.717) is 21.9 Å². The van der Waals surface area contributed by atoms with E-state index in [0.717, 1.165) is 0 Å². The summed E-state index contributed by atoms with van der Waals surface area (Å²) in [6, 6.07) is 6.33. The second kappa shape index (κ2) is 3.98. The first-order chi connectivity index (χ1) is 7.59. The Labute approximate surface area is 96.6 Å². The molecule has 0 N–H and O–H groups in total. The lowest BCUT2D eigenvalue weighted by Crippen LogP contribution is -1.93. The van der Waals surface area contributed by atoms with Gasteiger partial charge in [-0.1, -0.05) is 11.6 Å². The molecule has 0 atom stereocenters. The number of benzene rings is 1. The number of nitro benzene ring substituents is 1. The third kappa shape index (κ3) is 1.79. The van der Waals surface area contributed by atoms with E-state index in [-0.39, 0.29) is 5.69 Å². The van der Waals surface area contributed by atoms with Gasteiger partial charge in [0.1, 0.15) is 5.76 Å². The lowest BCUT2D eigenvalue weighted by atomic mass is 10.1. The summed E-state index contributed by atoms with van der Waals surface area (Å²) in [6.07, 6.45) is 1.47. The third-order valence-corrected chi connectivity index (χ3v) is 2.67. The molecule has 1 aromatic carbocycles. The van der Waals surface area contributed by atoms with Crippen molar-refractivity contribution in [2.75, 3.05) is 0 Å². The van der Waals surface area contributed by atoms with Crippen LogP contribution in [0.2, 0.25) is 5.02 Å². The van der Waals surface area contributed by atoms with Crippen LogP contribution in [0.5, 0.6) is 0 Å². The van der Waals surface area contributed by atoms with Crippen LogP contribution in [0.3, 0.4) is 0 Å². The first kappa shape index (κ1) is 10.7. The zero-order valence-electron chi connectivity index (χ0n) is 8.44. The summed E-state index contributed by atoms with van der Waals surface area (Å²) in [5, 5.41) is 11.4. The molecule has 5 heteroatoms. The molecule has 0 aliphatic carbocycles. The quantitative estimate of drug-likeness (QED) is 0.589. The van der Waals surface area contributed by atoms with Crippen molar-refractivity contribution in [3.05, 3.63) is 51.2 Å². The number of hydrogen-bond acceptors (Lipinski definition) is 3. The van der Waals surface area contributed by atoms with Gasteiger partial charge >= 0.3 is 0 Å². The maximum Gasteiger partial charge on any atom is 0.280 e. The summed E-state index contributed by atoms with van der Waals surface area (Å²) >= 11 is 5.94. The van der Waals surface area contributed by atoms with Crippen molar-refractivity contribution in [1.29, 1.82) is 0 Å². The molecule has 0 bridgehead atoms. The topological polar surface area (TPSA) is 56.3 Å². The van der Waals surface area contributed by atoms with Gasteiger partial charge in [0.15, 0.2) is 0 Å². The van der Waals surface area contributed by atoms with Gasteiger partial charge in [0.05, 0.1) is 16.7 Å². The van der Waals surface area contributed by atoms with E-state index in [2.05, 4.69) is 0 Å². The highest BCUT2D eigenvalue weighted by Crippen LogP contribution is 2.34. The fourth-order valence-corrected chi connectivity index (χ4v) is 1.61. The van der Waals surface area contributed by atoms with Crippen molar-refractivity contribution in [3.8, 4) is 11.3 Å². The van der Waals surface area contributed by atoms with E-state index in [1.54, 1.807) is 25.1 Å². The van der Waals surface area contributed by atoms with E-state index in [1.165, 1.54) is 12.3 Å². The molecule has 0 spiro atoms. The molecule has 0 unspecified atom stereocenters. The zero-order chi connectivity index (χ0) is 11.7. The van der Waals surface area contributed by atoms with Crippen LogP contribution in [0, 0.1) is 17.0 Å². The second-order valence-corrected chi connectivity index (χ2v) is 3.76. The molecule has 2 aromatic rings. The van der Waals surface area contributed by atoms with Gasteiger partial charge < -0.3 is 4.42 Å². The van der Waals surface area contributed by atoms with Gasteiger partial charge in [0.25, 0.3) is 5.69 Å². The Kier molecular flexibility index (Phi) is 2.66. The molecule has 0 fully saturated rings. The first-order valence-electron chi connectivity index (χ1n) is 4.58. The Hall–Kier alpha value is -1.81. The minimum absolute atomic E-state index is 0.00292. The fraction of sp³-hybridized carbons (Fsp3) is 0.0909. The van der Waals surface area contributed by atoms with Crippen LogP contribution in [0.4, 0.5) is 5.69 Å². The summed E-state index contributed by atoms with van der Waals surface area (Å²) in [4.78, 5) is 10.5. The normalized spacial score (nSPS) is 10.4. The molecule has 1 aromatic heterocycles. The lowest BCUT2D eigenvalue weighted by molar-refractivity contribution is -0.384. The number of rotatable bonds is 2. The highest BCUT2D eigenvalue weighted by Gasteiger charge is 2.19. The molecule has 0 amide bonds. The standard InChI is InChI=1S/C11H8ClNO3/c1-7-5-10(13(14)15)8(6-9(7)12)11-3-2-4-16-11/h2-6H,1H3. The average molecular weight is 238 g/mol. The molecular weight excluding hydrogens is 230 g/mol. The van der Waals surface area contributed by atoms with Crippen molar-refractivity contribution < 1.29 is 9.34 Å². The smallest absolute Gasteiger partial charge is 0.280 e. The largest absolute Gasteiger partial charge is 0.464 e. The maximum absolute atomic E-state index is 10.9. The Morgan fingerprint density at radius 2 is 2.19 bits per heavy atom.